The van der Waals surface area contributed by atoms with Crippen molar-refractivity contribution in [3.63, 3.8) is 0 Å². The van der Waals surface area contributed by atoms with E-state index in [1.165, 1.54) is 0 Å². The zero-order valence-electron chi connectivity index (χ0n) is 7.96. The molecule has 0 radical (unpaired) electrons. The fourth-order valence-corrected chi connectivity index (χ4v) is 1.44. The molecule has 0 amide bonds. The molecule has 1 aromatic heterocycles. The number of nitrogens with zero attached hydrogens (tertiary/aromatic N) is 1. The van der Waals surface area contributed by atoms with Crippen LogP contribution in [0.1, 0.15) is 25.2 Å². The number of nitrogens with one attached hydrogen (secondary N) is 1. The molecule has 1 aliphatic heterocycles. The lowest BCUT2D eigenvalue weighted by Crippen LogP contribution is -2.23. The van der Waals surface area contributed by atoms with E-state index in [1.807, 2.05) is 13.8 Å². The second kappa shape index (κ2) is 3.38. The van der Waals surface area contributed by atoms with Crippen LogP contribution < -0.4 is 10.1 Å². The molecule has 0 unspecified atom stereocenters. The molecule has 72 valence electrons. The summed E-state index contributed by atoms with van der Waals surface area (Å²) >= 11 is 0. The van der Waals surface area contributed by atoms with Gasteiger partial charge in [-0.2, -0.15) is 0 Å². The van der Waals surface area contributed by atoms with Gasteiger partial charge in [-0.15, -0.1) is 0 Å². The molecular weight excluding hydrogens is 168 g/mol. The quantitative estimate of drug-likeness (QED) is 0.744. The highest BCUT2D eigenvalue weighted by Gasteiger charge is 2.20. The minimum absolute atomic E-state index is 0.157. The standard InChI is InChI=1S/C9H14N2O2/c1-6(2)12-9-7-3-4-10-5-8(7)13-11-9/h6,10H,3-5H2,1-2H3. The Bertz CT molecular complexity index is 294. The lowest BCUT2D eigenvalue weighted by molar-refractivity contribution is 0.216. The van der Waals surface area contributed by atoms with Gasteiger partial charge in [0.15, 0.2) is 5.76 Å². The second-order valence-electron chi connectivity index (χ2n) is 3.48. The SMILES string of the molecule is CC(C)Oc1noc2c1CCNC2. The highest BCUT2D eigenvalue weighted by Crippen LogP contribution is 2.24. The van der Waals surface area contributed by atoms with E-state index in [0.717, 1.165) is 30.8 Å². The zero-order valence-corrected chi connectivity index (χ0v) is 7.96. The van der Waals surface area contributed by atoms with Gasteiger partial charge in [-0.05, 0) is 32.0 Å². The maximum atomic E-state index is 5.52. The van der Waals surface area contributed by atoms with Crippen molar-refractivity contribution >= 4 is 0 Å². The molecular formula is C9H14N2O2. The van der Waals surface area contributed by atoms with Crippen LogP contribution in [0, 0.1) is 0 Å². The van der Waals surface area contributed by atoms with Gasteiger partial charge in [-0.25, -0.2) is 0 Å². The normalized spacial score (nSPS) is 15.9. The number of hydrogen-bond donors (Lipinski definition) is 1. The van der Waals surface area contributed by atoms with Crippen molar-refractivity contribution in [1.82, 2.24) is 10.5 Å². The highest BCUT2D eigenvalue weighted by atomic mass is 16.5. The molecule has 1 aromatic rings. The minimum atomic E-state index is 0.157. The molecule has 0 bridgehead atoms. The first-order valence-electron chi connectivity index (χ1n) is 4.62. The van der Waals surface area contributed by atoms with Crippen molar-refractivity contribution < 1.29 is 9.26 Å². The molecule has 0 atom stereocenters. The van der Waals surface area contributed by atoms with Crippen molar-refractivity contribution in [3.05, 3.63) is 11.3 Å². The molecule has 0 aromatic carbocycles. The van der Waals surface area contributed by atoms with Crippen LogP contribution in [0.3, 0.4) is 0 Å². The van der Waals surface area contributed by atoms with Gasteiger partial charge in [-0.1, -0.05) is 0 Å². The van der Waals surface area contributed by atoms with Crippen molar-refractivity contribution in [1.29, 1.82) is 0 Å². The second-order valence-corrected chi connectivity index (χ2v) is 3.48. The third kappa shape index (κ3) is 1.67. The van der Waals surface area contributed by atoms with Gasteiger partial charge in [0.2, 0.25) is 0 Å². The number of aromatic nitrogens is 1. The van der Waals surface area contributed by atoms with Crippen LogP contribution in [0.15, 0.2) is 4.52 Å². The Morgan fingerprint density at radius 2 is 2.38 bits per heavy atom. The van der Waals surface area contributed by atoms with Gasteiger partial charge in [0.25, 0.3) is 5.88 Å². The number of rotatable bonds is 2. The first-order valence-corrected chi connectivity index (χ1v) is 4.62. The molecule has 4 heteroatoms. The Kier molecular flexibility index (Phi) is 2.22. The third-order valence-corrected chi connectivity index (χ3v) is 2.02. The number of fused-ring (bicyclic) bond motifs is 1. The summed E-state index contributed by atoms with van der Waals surface area (Å²) in [5.74, 6) is 1.59. The Balaban J connectivity index is 2.21. The first kappa shape index (κ1) is 8.56. The van der Waals surface area contributed by atoms with Gasteiger partial charge >= 0.3 is 0 Å². The molecule has 0 spiro atoms. The molecule has 13 heavy (non-hydrogen) atoms. The topological polar surface area (TPSA) is 47.3 Å². The fraction of sp³-hybridized carbons (Fsp3) is 0.667. The molecule has 2 heterocycles. The van der Waals surface area contributed by atoms with Gasteiger partial charge < -0.3 is 14.6 Å². The van der Waals surface area contributed by atoms with Crippen molar-refractivity contribution in [2.24, 2.45) is 0 Å². The van der Waals surface area contributed by atoms with Crippen LogP contribution in [-0.2, 0) is 13.0 Å². The van der Waals surface area contributed by atoms with Crippen LogP contribution >= 0.6 is 0 Å². The van der Waals surface area contributed by atoms with Crippen molar-refractivity contribution in [2.75, 3.05) is 6.54 Å². The summed E-state index contributed by atoms with van der Waals surface area (Å²) in [4.78, 5) is 0. The largest absolute Gasteiger partial charge is 0.473 e. The minimum Gasteiger partial charge on any atom is -0.473 e. The maximum absolute atomic E-state index is 5.52. The Morgan fingerprint density at radius 1 is 1.54 bits per heavy atom. The third-order valence-electron chi connectivity index (χ3n) is 2.02. The Labute approximate surface area is 77.2 Å². The maximum Gasteiger partial charge on any atom is 0.257 e. The van der Waals surface area contributed by atoms with E-state index >= 15 is 0 Å². The summed E-state index contributed by atoms with van der Waals surface area (Å²) in [6.07, 6.45) is 1.10. The highest BCUT2D eigenvalue weighted by molar-refractivity contribution is 5.30. The Morgan fingerprint density at radius 3 is 3.15 bits per heavy atom. The number of hydrogen-bond acceptors (Lipinski definition) is 4. The predicted molar refractivity (Wildman–Crippen MR) is 47.7 cm³/mol. The monoisotopic (exact) mass is 182 g/mol. The van der Waals surface area contributed by atoms with E-state index in [2.05, 4.69) is 10.5 Å². The van der Waals surface area contributed by atoms with Gasteiger partial charge in [0, 0.05) is 0 Å². The summed E-state index contributed by atoms with van der Waals surface area (Å²) < 4.78 is 10.7. The molecule has 4 nitrogen and oxygen atoms in total. The van der Waals surface area contributed by atoms with E-state index < -0.39 is 0 Å². The smallest absolute Gasteiger partial charge is 0.257 e. The summed E-state index contributed by atoms with van der Waals surface area (Å²) in [7, 11) is 0. The van der Waals surface area contributed by atoms with E-state index in [1.54, 1.807) is 0 Å². The molecule has 2 rings (SSSR count). The van der Waals surface area contributed by atoms with Gasteiger partial charge in [0.05, 0.1) is 18.2 Å². The lowest BCUT2D eigenvalue weighted by atomic mass is 10.1. The average molecular weight is 182 g/mol. The van der Waals surface area contributed by atoms with Crippen LogP contribution in [-0.4, -0.2) is 17.8 Å². The lowest BCUT2D eigenvalue weighted by Gasteiger charge is -2.12. The number of ether oxygens (including phenoxy) is 1. The summed E-state index contributed by atoms with van der Waals surface area (Å²) in [5.41, 5.74) is 1.13. The van der Waals surface area contributed by atoms with E-state index in [-0.39, 0.29) is 6.10 Å². The van der Waals surface area contributed by atoms with E-state index in [4.69, 9.17) is 9.26 Å². The van der Waals surface area contributed by atoms with Gasteiger partial charge in [0.1, 0.15) is 0 Å². The zero-order chi connectivity index (χ0) is 9.26. The fourth-order valence-electron chi connectivity index (χ4n) is 1.44. The predicted octanol–water partition coefficient (Wildman–Crippen LogP) is 1.11. The van der Waals surface area contributed by atoms with Crippen LogP contribution in [0.4, 0.5) is 0 Å². The average Bonchev–Trinajstić information content (AvgIpc) is 2.48. The van der Waals surface area contributed by atoms with Crippen molar-refractivity contribution in [2.45, 2.75) is 32.9 Å². The van der Waals surface area contributed by atoms with E-state index in [9.17, 15) is 0 Å². The van der Waals surface area contributed by atoms with E-state index in [0.29, 0.717) is 5.88 Å². The Hall–Kier alpha value is -1.03. The van der Waals surface area contributed by atoms with Gasteiger partial charge in [-0.3, -0.25) is 0 Å². The van der Waals surface area contributed by atoms with Crippen LogP contribution in [0.25, 0.3) is 0 Å². The molecule has 0 saturated heterocycles. The molecule has 0 fully saturated rings. The summed E-state index contributed by atoms with van der Waals surface area (Å²) in [6.45, 7) is 5.72. The van der Waals surface area contributed by atoms with Crippen molar-refractivity contribution in [3.8, 4) is 5.88 Å². The van der Waals surface area contributed by atoms with Crippen LogP contribution in [0.5, 0.6) is 5.88 Å². The summed E-state index contributed by atoms with van der Waals surface area (Å²) in [5, 5.41) is 7.12. The summed E-state index contributed by atoms with van der Waals surface area (Å²) in [6, 6.07) is 0. The van der Waals surface area contributed by atoms with Crippen LogP contribution in [0.2, 0.25) is 0 Å². The molecule has 1 N–H and O–H groups in total. The molecule has 1 aliphatic rings. The first-order chi connectivity index (χ1) is 6.27. The molecule has 0 saturated carbocycles. The molecule has 0 aliphatic carbocycles.